The van der Waals surface area contributed by atoms with Gasteiger partial charge in [-0.25, -0.2) is 19.7 Å². The van der Waals surface area contributed by atoms with Crippen LogP contribution in [0, 0.1) is 13.8 Å². The van der Waals surface area contributed by atoms with Crippen LogP contribution in [-0.4, -0.2) is 56.6 Å². The normalized spacial score (nSPS) is 14.1. The van der Waals surface area contributed by atoms with Crippen molar-refractivity contribution in [2.45, 2.75) is 13.8 Å². The van der Waals surface area contributed by atoms with E-state index >= 15 is 0 Å². The molecule has 2 aromatic carbocycles. The van der Waals surface area contributed by atoms with Crippen LogP contribution in [0.2, 0.25) is 0 Å². The number of amides is 2. The van der Waals surface area contributed by atoms with Gasteiger partial charge in [-0.15, -0.1) is 0 Å². The van der Waals surface area contributed by atoms with E-state index in [1.54, 1.807) is 12.7 Å². The van der Waals surface area contributed by atoms with E-state index in [9.17, 15) is 4.79 Å². The Morgan fingerprint density at radius 1 is 0.875 bits per heavy atom. The van der Waals surface area contributed by atoms with Crippen LogP contribution < -0.4 is 10.2 Å². The van der Waals surface area contributed by atoms with Gasteiger partial charge in [0.1, 0.15) is 24.3 Å². The van der Waals surface area contributed by atoms with E-state index < -0.39 is 0 Å². The number of fused-ring (bicyclic) bond motifs is 1. The fourth-order valence-corrected chi connectivity index (χ4v) is 3.98. The number of nitrogens with one attached hydrogen (secondary N) is 1. The number of benzene rings is 2. The monoisotopic (exact) mass is 427 g/mol. The molecule has 162 valence electrons. The van der Waals surface area contributed by atoms with E-state index in [4.69, 9.17) is 0 Å². The summed E-state index contributed by atoms with van der Waals surface area (Å²) in [6.45, 7) is 6.68. The molecular formula is C24H25N7O. The van der Waals surface area contributed by atoms with Crippen LogP contribution in [0.3, 0.4) is 0 Å². The SMILES string of the molecule is Cc1ncn(-c2cc(N3CCN(C(=O)Nc4ccc5ccccc5c4)CC3)ncn2)c1C. The minimum atomic E-state index is -0.0761. The number of carbonyl (C=O) groups is 1. The fourth-order valence-electron chi connectivity index (χ4n) is 3.98. The number of urea groups is 1. The summed E-state index contributed by atoms with van der Waals surface area (Å²) < 4.78 is 1.97. The van der Waals surface area contributed by atoms with Crippen molar-refractivity contribution in [3.05, 3.63) is 72.6 Å². The first-order valence-electron chi connectivity index (χ1n) is 10.7. The molecular weight excluding hydrogens is 402 g/mol. The van der Waals surface area contributed by atoms with Gasteiger partial charge in [-0.05, 0) is 36.8 Å². The predicted octanol–water partition coefficient (Wildman–Crippen LogP) is 3.79. The van der Waals surface area contributed by atoms with Crippen LogP contribution in [0.4, 0.5) is 16.3 Å². The van der Waals surface area contributed by atoms with E-state index in [-0.39, 0.29) is 6.03 Å². The second kappa shape index (κ2) is 8.30. The third-order valence-electron chi connectivity index (χ3n) is 6.03. The largest absolute Gasteiger partial charge is 0.353 e. The minimum Gasteiger partial charge on any atom is -0.353 e. The lowest BCUT2D eigenvalue weighted by atomic mass is 10.1. The summed E-state index contributed by atoms with van der Waals surface area (Å²) in [5.41, 5.74) is 2.85. The maximum absolute atomic E-state index is 12.8. The maximum atomic E-state index is 12.8. The third kappa shape index (κ3) is 3.87. The summed E-state index contributed by atoms with van der Waals surface area (Å²) in [6, 6.07) is 16.0. The molecule has 0 radical (unpaired) electrons. The molecule has 3 heterocycles. The molecule has 4 aromatic rings. The first-order chi connectivity index (χ1) is 15.6. The Morgan fingerprint density at radius 3 is 2.38 bits per heavy atom. The first kappa shape index (κ1) is 20.0. The molecule has 0 aliphatic carbocycles. The zero-order chi connectivity index (χ0) is 22.1. The lowest BCUT2D eigenvalue weighted by molar-refractivity contribution is 0.208. The molecule has 1 aliphatic rings. The standard InChI is InChI=1S/C24H25N7O/c1-17-18(2)31(16-27-17)23-14-22(25-15-26-23)29-9-11-30(12-10-29)24(32)28-21-8-7-19-5-3-4-6-20(19)13-21/h3-8,13-16H,9-12H2,1-2H3,(H,28,32). The molecule has 0 unspecified atom stereocenters. The van der Waals surface area contributed by atoms with E-state index in [0.29, 0.717) is 26.2 Å². The molecule has 0 bridgehead atoms. The van der Waals surface area contributed by atoms with Gasteiger partial charge in [0.05, 0.1) is 5.69 Å². The van der Waals surface area contributed by atoms with E-state index in [0.717, 1.165) is 39.5 Å². The molecule has 2 aromatic heterocycles. The number of hydrogen-bond donors (Lipinski definition) is 1. The molecule has 1 fully saturated rings. The lowest BCUT2D eigenvalue weighted by Gasteiger charge is -2.35. The quantitative estimate of drug-likeness (QED) is 0.538. The Bertz CT molecular complexity index is 1270. The van der Waals surface area contributed by atoms with Crippen molar-refractivity contribution in [1.82, 2.24) is 24.4 Å². The Hall–Kier alpha value is -3.94. The molecule has 1 N–H and O–H groups in total. The van der Waals surface area contributed by atoms with Gasteiger partial charge >= 0.3 is 6.03 Å². The van der Waals surface area contributed by atoms with Crippen LogP contribution in [-0.2, 0) is 0 Å². The molecule has 2 amide bonds. The Balaban J connectivity index is 1.23. The van der Waals surface area contributed by atoms with Gasteiger partial charge in [-0.1, -0.05) is 30.3 Å². The number of imidazole rings is 1. The van der Waals surface area contributed by atoms with Crippen molar-refractivity contribution in [2.75, 3.05) is 36.4 Å². The van der Waals surface area contributed by atoms with Gasteiger partial charge in [0.25, 0.3) is 0 Å². The van der Waals surface area contributed by atoms with Crippen molar-refractivity contribution in [2.24, 2.45) is 0 Å². The number of aryl methyl sites for hydroxylation is 1. The lowest BCUT2D eigenvalue weighted by Crippen LogP contribution is -2.50. The Labute approximate surface area is 186 Å². The highest BCUT2D eigenvalue weighted by Crippen LogP contribution is 2.21. The summed E-state index contributed by atoms with van der Waals surface area (Å²) in [4.78, 5) is 30.0. The summed E-state index contributed by atoms with van der Waals surface area (Å²) >= 11 is 0. The highest BCUT2D eigenvalue weighted by atomic mass is 16.2. The summed E-state index contributed by atoms with van der Waals surface area (Å²) in [5, 5.41) is 5.30. The highest BCUT2D eigenvalue weighted by molar-refractivity contribution is 5.93. The van der Waals surface area contributed by atoms with Crippen molar-refractivity contribution >= 4 is 28.3 Å². The van der Waals surface area contributed by atoms with Gasteiger partial charge in [0.15, 0.2) is 0 Å². The molecule has 0 atom stereocenters. The Morgan fingerprint density at radius 2 is 1.62 bits per heavy atom. The zero-order valence-corrected chi connectivity index (χ0v) is 18.2. The number of hydrogen-bond acceptors (Lipinski definition) is 5. The molecule has 1 saturated heterocycles. The fraction of sp³-hybridized carbons (Fsp3) is 0.250. The number of piperazine rings is 1. The minimum absolute atomic E-state index is 0.0761. The average molecular weight is 428 g/mol. The Kier molecular flexibility index (Phi) is 5.18. The molecule has 8 heteroatoms. The molecule has 0 saturated carbocycles. The molecule has 0 spiro atoms. The van der Waals surface area contributed by atoms with Crippen LogP contribution in [0.1, 0.15) is 11.4 Å². The van der Waals surface area contributed by atoms with Crippen molar-refractivity contribution in [3.63, 3.8) is 0 Å². The summed E-state index contributed by atoms with van der Waals surface area (Å²) in [5.74, 6) is 1.65. The van der Waals surface area contributed by atoms with Crippen LogP contribution in [0.25, 0.3) is 16.6 Å². The average Bonchev–Trinajstić information content (AvgIpc) is 3.17. The van der Waals surface area contributed by atoms with E-state index in [2.05, 4.69) is 31.2 Å². The number of anilines is 2. The summed E-state index contributed by atoms with van der Waals surface area (Å²) in [6.07, 6.45) is 3.37. The predicted molar refractivity (Wildman–Crippen MR) is 125 cm³/mol. The van der Waals surface area contributed by atoms with Crippen LogP contribution in [0.5, 0.6) is 0 Å². The number of rotatable bonds is 3. The summed E-state index contributed by atoms with van der Waals surface area (Å²) in [7, 11) is 0. The zero-order valence-electron chi connectivity index (χ0n) is 18.2. The first-order valence-corrected chi connectivity index (χ1v) is 10.7. The highest BCUT2D eigenvalue weighted by Gasteiger charge is 2.22. The van der Waals surface area contributed by atoms with Crippen LogP contribution in [0.15, 0.2) is 61.2 Å². The van der Waals surface area contributed by atoms with E-state index in [1.165, 1.54) is 0 Å². The number of carbonyl (C=O) groups excluding carboxylic acids is 1. The van der Waals surface area contributed by atoms with Crippen molar-refractivity contribution in [3.8, 4) is 5.82 Å². The van der Waals surface area contributed by atoms with Gasteiger partial charge < -0.3 is 15.1 Å². The molecule has 5 rings (SSSR count). The van der Waals surface area contributed by atoms with Gasteiger partial charge in [-0.2, -0.15) is 0 Å². The van der Waals surface area contributed by atoms with Gasteiger partial charge in [0, 0.05) is 43.6 Å². The van der Waals surface area contributed by atoms with Gasteiger partial charge in [0.2, 0.25) is 0 Å². The second-order valence-electron chi connectivity index (χ2n) is 7.99. The molecule has 1 aliphatic heterocycles. The topological polar surface area (TPSA) is 79.2 Å². The maximum Gasteiger partial charge on any atom is 0.321 e. The second-order valence-corrected chi connectivity index (χ2v) is 7.99. The van der Waals surface area contributed by atoms with Crippen LogP contribution >= 0.6 is 0 Å². The third-order valence-corrected chi connectivity index (χ3v) is 6.03. The molecule has 32 heavy (non-hydrogen) atoms. The van der Waals surface area contributed by atoms with Crippen molar-refractivity contribution in [1.29, 1.82) is 0 Å². The molecule has 8 nitrogen and oxygen atoms in total. The number of nitrogens with zero attached hydrogens (tertiary/aromatic N) is 6. The van der Waals surface area contributed by atoms with E-state index in [1.807, 2.05) is 65.8 Å². The van der Waals surface area contributed by atoms with Gasteiger partial charge in [-0.3, -0.25) is 4.57 Å². The van der Waals surface area contributed by atoms with Crippen molar-refractivity contribution < 1.29 is 4.79 Å². The smallest absolute Gasteiger partial charge is 0.321 e. The number of aromatic nitrogens is 4.